The molecule has 0 saturated carbocycles. The third-order valence-electron chi connectivity index (χ3n) is 2.91. The van der Waals surface area contributed by atoms with Crippen molar-refractivity contribution in [3.05, 3.63) is 65.7 Å². The number of aromatic nitrogens is 2. The SMILES string of the molecule is Nc1ccc(Cc2noc(-c3ccccc3F)n2)cc1. The Bertz CT molecular complexity index is 722. The molecule has 5 heteroatoms. The van der Waals surface area contributed by atoms with Crippen LogP contribution in [0, 0.1) is 5.82 Å². The molecule has 0 aliphatic heterocycles. The zero-order valence-corrected chi connectivity index (χ0v) is 10.6. The molecule has 0 unspecified atom stereocenters. The Morgan fingerprint density at radius 2 is 1.80 bits per heavy atom. The fourth-order valence-corrected chi connectivity index (χ4v) is 1.89. The van der Waals surface area contributed by atoms with Gasteiger partial charge in [-0.3, -0.25) is 0 Å². The van der Waals surface area contributed by atoms with E-state index in [1.165, 1.54) is 6.07 Å². The zero-order valence-electron chi connectivity index (χ0n) is 10.6. The van der Waals surface area contributed by atoms with Crippen molar-refractivity contribution in [3.8, 4) is 11.5 Å². The molecule has 4 nitrogen and oxygen atoms in total. The molecule has 1 heterocycles. The first-order valence-electron chi connectivity index (χ1n) is 6.14. The third-order valence-corrected chi connectivity index (χ3v) is 2.91. The quantitative estimate of drug-likeness (QED) is 0.742. The van der Waals surface area contributed by atoms with Gasteiger partial charge in [0.1, 0.15) is 5.82 Å². The minimum atomic E-state index is -0.379. The minimum Gasteiger partial charge on any atom is -0.399 e. The smallest absolute Gasteiger partial charge is 0.260 e. The lowest BCUT2D eigenvalue weighted by atomic mass is 10.1. The molecule has 0 radical (unpaired) electrons. The second kappa shape index (κ2) is 5.13. The molecule has 0 aliphatic rings. The van der Waals surface area contributed by atoms with Gasteiger partial charge in [-0.15, -0.1) is 0 Å². The van der Waals surface area contributed by atoms with E-state index in [9.17, 15) is 4.39 Å². The number of hydrogen-bond acceptors (Lipinski definition) is 4. The van der Waals surface area contributed by atoms with Crippen molar-refractivity contribution < 1.29 is 8.91 Å². The Kier molecular flexibility index (Phi) is 3.16. The lowest BCUT2D eigenvalue weighted by Gasteiger charge is -1.97. The van der Waals surface area contributed by atoms with E-state index >= 15 is 0 Å². The normalized spacial score (nSPS) is 10.7. The summed E-state index contributed by atoms with van der Waals surface area (Å²) in [5, 5.41) is 3.87. The third kappa shape index (κ3) is 2.51. The van der Waals surface area contributed by atoms with Crippen LogP contribution in [0.15, 0.2) is 53.1 Å². The van der Waals surface area contributed by atoms with Crippen molar-refractivity contribution in [1.82, 2.24) is 10.1 Å². The van der Waals surface area contributed by atoms with Crippen LogP contribution in [-0.2, 0) is 6.42 Å². The molecule has 2 N–H and O–H groups in total. The highest BCUT2D eigenvalue weighted by Crippen LogP contribution is 2.21. The average molecular weight is 269 g/mol. The highest BCUT2D eigenvalue weighted by atomic mass is 19.1. The molecular weight excluding hydrogens is 257 g/mol. The van der Waals surface area contributed by atoms with Crippen LogP contribution in [0.4, 0.5) is 10.1 Å². The maximum Gasteiger partial charge on any atom is 0.260 e. The Balaban J connectivity index is 1.84. The van der Waals surface area contributed by atoms with E-state index in [2.05, 4.69) is 10.1 Å². The summed E-state index contributed by atoms with van der Waals surface area (Å²) in [6.07, 6.45) is 0.512. The molecule has 2 aromatic carbocycles. The van der Waals surface area contributed by atoms with Gasteiger partial charge in [-0.1, -0.05) is 29.4 Å². The Morgan fingerprint density at radius 1 is 1.05 bits per heavy atom. The molecule has 0 spiro atoms. The summed E-state index contributed by atoms with van der Waals surface area (Å²) in [6, 6.07) is 13.7. The Labute approximate surface area is 115 Å². The second-order valence-electron chi connectivity index (χ2n) is 4.41. The number of anilines is 1. The van der Waals surface area contributed by atoms with E-state index in [0.717, 1.165) is 5.56 Å². The molecule has 0 saturated heterocycles. The second-order valence-corrected chi connectivity index (χ2v) is 4.41. The van der Waals surface area contributed by atoms with Crippen molar-refractivity contribution in [2.45, 2.75) is 6.42 Å². The van der Waals surface area contributed by atoms with E-state index in [1.807, 2.05) is 24.3 Å². The summed E-state index contributed by atoms with van der Waals surface area (Å²) in [6.45, 7) is 0. The van der Waals surface area contributed by atoms with E-state index in [0.29, 0.717) is 23.5 Å². The molecule has 0 atom stereocenters. The molecule has 3 rings (SSSR count). The highest BCUT2D eigenvalue weighted by Gasteiger charge is 2.12. The van der Waals surface area contributed by atoms with Gasteiger partial charge < -0.3 is 10.3 Å². The number of rotatable bonds is 3. The summed E-state index contributed by atoms with van der Waals surface area (Å²) in [7, 11) is 0. The molecule has 0 bridgehead atoms. The summed E-state index contributed by atoms with van der Waals surface area (Å²) in [5.74, 6) is 0.316. The number of nitrogens with two attached hydrogens (primary N) is 1. The van der Waals surface area contributed by atoms with Crippen LogP contribution >= 0.6 is 0 Å². The lowest BCUT2D eigenvalue weighted by molar-refractivity contribution is 0.421. The molecule has 0 fully saturated rings. The summed E-state index contributed by atoms with van der Waals surface area (Å²) in [4.78, 5) is 4.21. The molecule has 100 valence electrons. The minimum absolute atomic E-state index is 0.188. The maximum atomic E-state index is 13.6. The number of nitrogens with zero attached hydrogens (tertiary/aromatic N) is 2. The Morgan fingerprint density at radius 3 is 2.55 bits per heavy atom. The van der Waals surface area contributed by atoms with E-state index in [4.69, 9.17) is 10.3 Å². The van der Waals surface area contributed by atoms with Gasteiger partial charge in [0.2, 0.25) is 0 Å². The van der Waals surface area contributed by atoms with Crippen LogP contribution in [0.25, 0.3) is 11.5 Å². The van der Waals surface area contributed by atoms with Crippen LogP contribution < -0.4 is 5.73 Å². The van der Waals surface area contributed by atoms with Gasteiger partial charge in [-0.05, 0) is 29.8 Å². The fraction of sp³-hybridized carbons (Fsp3) is 0.0667. The molecule has 20 heavy (non-hydrogen) atoms. The van der Waals surface area contributed by atoms with Crippen LogP contribution in [0.2, 0.25) is 0 Å². The summed E-state index contributed by atoms with van der Waals surface area (Å²) < 4.78 is 18.7. The van der Waals surface area contributed by atoms with Crippen molar-refractivity contribution >= 4 is 5.69 Å². The van der Waals surface area contributed by atoms with Gasteiger partial charge in [0, 0.05) is 12.1 Å². The van der Waals surface area contributed by atoms with E-state index in [1.54, 1.807) is 18.2 Å². The number of benzene rings is 2. The predicted molar refractivity (Wildman–Crippen MR) is 73.4 cm³/mol. The lowest BCUT2D eigenvalue weighted by Crippen LogP contribution is -1.92. The summed E-state index contributed by atoms with van der Waals surface area (Å²) >= 11 is 0. The maximum absolute atomic E-state index is 13.6. The van der Waals surface area contributed by atoms with Gasteiger partial charge in [0.15, 0.2) is 5.82 Å². The molecule has 0 aliphatic carbocycles. The summed E-state index contributed by atoms with van der Waals surface area (Å²) in [5.41, 5.74) is 7.65. The van der Waals surface area contributed by atoms with Crippen molar-refractivity contribution in [2.24, 2.45) is 0 Å². The average Bonchev–Trinajstić information content (AvgIpc) is 2.90. The van der Waals surface area contributed by atoms with Gasteiger partial charge >= 0.3 is 0 Å². The fourth-order valence-electron chi connectivity index (χ4n) is 1.89. The van der Waals surface area contributed by atoms with Gasteiger partial charge in [0.25, 0.3) is 5.89 Å². The monoisotopic (exact) mass is 269 g/mol. The zero-order chi connectivity index (χ0) is 13.9. The van der Waals surface area contributed by atoms with E-state index < -0.39 is 0 Å². The number of halogens is 1. The highest BCUT2D eigenvalue weighted by molar-refractivity contribution is 5.53. The van der Waals surface area contributed by atoms with Crippen molar-refractivity contribution in [1.29, 1.82) is 0 Å². The van der Waals surface area contributed by atoms with Gasteiger partial charge in [0.05, 0.1) is 5.56 Å². The van der Waals surface area contributed by atoms with Crippen LogP contribution in [-0.4, -0.2) is 10.1 Å². The first-order chi connectivity index (χ1) is 9.72. The molecule has 1 aromatic heterocycles. The predicted octanol–water partition coefficient (Wildman–Crippen LogP) is 3.05. The van der Waals surface area contributed by atoms with Gasteiger partial charge in [-0.25, -0.2) is 4.39 Å². The molecule has 3 aromatic rings. The Hall–Kier alpha value is -2.69. The van der Waals surface area contributed by atoms with Crippen molar-refractivity contribution in [2.75, 3.05) is 5.73 Å². The first kappa shape index (κ1) is 12.3. The number of nitrogen functional groups attached to an aromatic ring is 1. The standard InChI is InChI=1S/C15H12FN3O/c16-13-4-2-1-3-12(13)15-18-14(19-20-15)9-10-5-7-11(17)8-6-10/h1-8H,9,17H2. The van der Waals surface area contributed by atoms with Crippen LogP contribution in [0.3, 0.4) is 0 Å². The topological polar surface area (TPSA) is 64.9 Å². The van der Waals surface area contributed by atoms with Gasteiger partial charge in [-0.2, -0.15) is 4.98 Å². The molecule has 0 amide bonds. The molecular formula is C15H12FN3O. The number of hydrogen-bond donors (Lipinski definition) is 1. The largest absolute Gasteiger partial charge is 0.399 e. The first-order valence-corrected chi connectivity index (χ1v) is 6.14. The van der Waals surface area contributed by atoms with E-state index in [-0.39, 0.29) is 11.7 Å². The van der Waals surface area contributed by atoms with Crippen LogP contribution in [0.1, 0.15) is 11.4 Å². The van der Waals surface area contributed by atoms with Crippen LogP contribution in [0.5, 0.6) is 0 Å². The van der Waals surface area contributed by atoms with Crippen molar-refractivity contribution in [3.63, 3.8) is 0 Å².